The SMILES string of the molecule is Cc1cc(Nc2cc3[nH]ncc3cc2N)cc(C)c1Br. The quantitative estimate of drug-likeness (QED) is 0.615. The van der Waals surface area contributed by atoms with Gasteiger partial charge in [0.2, 0.25) is 0 Å². The summed E-state index contributed by atoms with van der Waals surface area (Å²) in [5, 5.41) is 11.3. The Morgan fingerprint density at radius 1 is 1.15 bits per heavy atom. The Balaban J connectivity index is 2.02. The predicted molar refractivity (Wildman–Crippen MR) is 87.4 cm³/mol. The van der Waals surface area contributed by atoms with Crippen molar-refractivity contribution in [3.05, 3.63) is 46.1 Å². The number of rotatable bonds is 2. The second-order valence-electron chi connectivity index (χ2n) is 4.95. The maximum Gasteiger partial charge on any atom is 0.0672 e. The maximum absolute atomic E-state index is 6.09. The molecule has 2 aromatic carbocycles. The smallest absolute Gasteiger partial charge is 0.0672 e. The van der Waals surface area contributed by atoms with E-state index in [9.17, 15) is 0 Å². The Hall–Kier alpha value is -2.01. The van der Waals surface area contributed by atoms with Gasteiger partial charge in [-0.2, -0.15) is 5.10 Å². The van der Waals surface area contributed by atoms with Gasteiger partial charge in [-0.3, -0.25) is 5.10 Å². The van der Waals surface area contributed by atoms with Crippen molar-refractivity contribution >= 4 is 43.9 Å². The molecule has 3 aromatic rings. The Labute approximate surface area is 125 Å². The molecule has 1 heterocycles. The van der Waals surface area contributed by atoms with Gasteiger partial charge in [0.15, 0.2) is 0 Å². The monoisotopic (exact) mass is 330 g/mol. The summed E-state index contributed by atoms with van der Waals surface area (Å²) in [6.07, 6.45) is 1.77. The lowest BCUT2D eigenvalue weighted by atomic mass is 10.1. The summed E-state index contributed by atoms with van der Waals surface area (Å²) in [5.41, 5.74) is 12.0. The summed E-state index contributed by atoms with van der Waals surface area (Å²) in [4.78, 5) is 0. The molecule has 5 heteroatoms. The molecule has 4 N–H and O–H groups in total. The van der Waals surface area contributed by atoms with E-state index in [1.807, 2.05) is 12.1 Å². The van der Waals surface area contributed by atoms with Crippen LogP contribution in [0.5, 0.6) is 0 Å². The highest BCUT2D eigenvalue weighted by Gasteiger charge is 2.06. The van der Waals surface area contributed by atoms with Crippen LogP contribution in [0.4, 0.5) is 17.1 Å². The topological polar surface area (TPSA) is 66.7 Å². The summed E-state index contributed by atoms with van der Waals surface area (Å²) in [7, 11) is 0. The third-order valence-electron chi connectivity index (χ3n) is 3.33. The number of nitrogens with zero attached hydrogens (tertiary/aromatic N) is 1. The number of hydrogen-bond acceptors (Lipinski definition) is 3. The molecule has 0 aliphatic carbocycles. The minimum Gasteiger partial charge on any atom is -0.397 e. The number of halogens is 1. The summed E-state index contributed by atoms with van der Waals surface area (Å²) >= 11 is 3.57. The predicted octanol–water partition coefficient (Wildman–Crippen LogP) is 4.27. The van der Waals surface area contributed by atoms with E-state index in [2.05, 4.69) is 57.4 Å². The van der Waals surface area contributed by atoms with Gasteiger partial charge in [0.25, 0.3) is 0 Å². The maximum atomic E-state index is 6.09. The molecule has 20 heavy (non-hydrogen) atoms. The number of nitrogens with two attached hydrogens (primary N) is 1. The zero-order chi connectivity index (χ0) is 14.3. The molecular formula is C15H15BrN4. The Bertz CT molecular complexity index is 769. The van der Waals surface area contributed by atoms with Crippen molar-refractivity contribution in [1.82, 2.24) is 10.2 Å². The first-order chi connectivity index (χ1) is 9.54. The number of H-pyrrole nitrogens is 1. The molecule has 3 rings (SSSR count). The highest BCUT2D eigenvalue weighted by atomic mass is 79.9. The van der Waals surface area contributed by atoms with Gasteiger partial charge in [0.05, 0.1) is 23.1 Å². The van der Waals surface area contributed by atoms with Gasteiger partial charge >= 0.3 is 0 Å². The van der Waals surface area contributed by atoms with Gasteiger partial charge in [0, 0.05) is 15.5 Å². The minimum absolute atomic E-state index is 0.706. The zero-order valence-electron chi connectivity index (χ0n) is 11.3. The molecule has 0 bridgehead atoms. The number of nitrogens with one attached hydrogen (secondary N) is 2. The molecule has 0 aliphatic heterocycles. The van der Waals surface area contributed by atoms with Crippen molar-refractivity contribution in [2.45, 2.75) is 13.8 Å². The van der Waals surface area contributed by atoms with Crippen LogP contribution < -0.4 is 11.1 Å². The normalized spacial score (nSPS) is 10.9. The number of fused-ring (bicyclic) bond motifs is 1. The van der Waals surface area contributed by atoms with Crippen molar-refractivity contribution in [3.8, 4) is 0 Å². The molecule has 102 valence electrons. The van der Waals surface area contributed by atoms with Crippen LogP contribution in [0.3, 0.4) is 0 Å². The fraction of sp³-hybridized carbons (Fsp3) is 0.133. The standard InChI is InChI=1S/C15H15BrN4/c1-8-3-11(4-9(2)15(8)16)19-14-6-13-10(5-12(14)17)7-18-20-13/h3-7,19H,17H2,1-2H3,(H,18,20). The Kier molecular flexibility index (Phi) is 3.14. The summed E-state index contributed by atoms with van der Waals surface area (Å²) in [5.74, 6) is 0. The van der Waals surface area contributed by atoms with E-state index < -0.39 is 0 Å². The van der Waals surface area contributed by atoms with E-state index in [1.165, 1.54) is 11.1 Å². The molecular weight excluding hydrogens is 316 g/mol. The second-order valence-corrected chi connectivity index (χ2v) is 5.74. The van der Waals surface area contributed by atoms with Crippen LogP contribution in [-0.2, 0) is 0 Å². The number of aryl methyl sites for hydroxylation is 2. The highest BCUT2D eigenvalue weighted by molar-refractivity contribution is 9.10. The van der Waals surface area contributed by atoms with E-state index in [-0.39, 0.29) is 0 Å². The average Bonchev–Trinajstić information content (AvgIpc) is 2.83. The van der Waals surface area contributed by atoms with Crippen molar-refractivity contribution in [2.75, 3.05) is 11.1 Å². The molecule has 0 unspecified atom stereocenters. The molecule has 0 radical (unpaired) electrons. The van der Waals surface area contributed by atoms with Crippen molar-refractivity contribution in [1.29, 1.82) is 0 Å². The first-order valence-electron chi connectivity index (χ1n) is 6.31. The molecule has 0 atom stereocenters. The van der Waals surface area contributed by atoms with Crippen LogP contribution in [0.2, 0.25) is 0 Å². The van der Waals surface area contributed by atoms with Crippen molar-refractivity contribution in [2.24, 2.45) is 0 Å². The van der Waals surface area contributed by atoms with Crippen LogP contribution >= 0.6 is 15.9 Å². The number of aromatic amines is 1. The van der Waals surface area contributed by atoms with Crippen LogP contribution in [0.1, 0.15) is 11.1 Å². The van der Waals surface area contributed by atoms with E-state index >= 15 is 0 Å². The van der Waals surface area contributed by atoms with Crippen LogP contribution in [0, 0.1) is 13.8 Å². The highest BCUT2D eigenvalue weighted by Crippen LogP contribution is 2.30. The number of nitrogen functional groups attached to an aromatic ring is 1. The molecule has 0 saturated heterocycles. The third-order valence-corrected chi connectivity index (χ3v) is 4.58. The van der Waals surface area contributed by atoms with Crippen molar-refractivity contribution in [3.63, 3.8) is 0 Å². The first-order valence-corrected chi connectivity index (χ1v) is 7.10. The minimum atomic E-state index is 0.706. The first kappa shape index (κ1) is 13.0. The summed E-state index contributed by atoms with van der Waals surface area (Å²) in [6, 6.07) is 8.07. The van der Waals surface area contributed by atoms with E-state index in [0.29, 0.717) is 5.69 Å². The van der Waals surface area contributed by atoms with Gasteiger partial charge in [-0.1, -0.05) is 15.9 Å². The zero-order valence-corrected chi connectivity index (χ0v) is 12.9. The second kappa shape index (κ2) is 4.83. The Morgan fingerprint density at radius 2 is 1.85 bits per heavy atom. The fourth-order valence-electron chi connectivity index (χ4n) is 2.29. The average molecular weight is 331 g/mol. The lowest BCUT2D eigenvalue weighted by Crippen LogP contribution is -1.97. The summed E-state index contributed by atoms with van der Waals surface area (Å²) in [6.45, 7) is 4.15. The molecule has 0 fully saturated rings. The van der Waals surface area contributed by atoms with Crippen LogP contribution in [0.15, 0.2) is 34.9 Å². The molecule has 0 spiro atoms. The lowest BCUT2D eigenvalue weighted by molar-refractivity contribution is 1.12. The molecule has 0 saturated carbocycles. The fourth-order valence-corrected chi connectivity index (χ4v) is 2.52. The number of hydrogen-bond donors (Lipinski definition) is 3. The number of benzene rings is 2. The van der Waals surface area contributed by atoms with Gasteiger partial charge in [-0.15, -0.1) is 0 Å². The van der Waals surface area contributed by atoms with E-state index in [0.717, 1.165) is 26.8 Å². The number of aromatic nitrogens is 2. The van der Waals surface area contributed by atoms with Crippen LogP contribution in [0.25, 0.3) is 10.9 Å². The van der Waals surface area contributed by atoms with E-state index in [1.54, 1.807) is 6.20 Å². The van der Waals surface area contributed by atoms with Gasteiger partial charge in [0.1, 0.15) is 0 Å². The molecule has 0 amide bonds. The molecule has 1 aromatic heterocycles. The van der Waals surface area contributed by atoms with Gasteiger partial charge in [-0.05, 0) is 49.2 Å². The number of anilines is 3. The largest absolute Gasteiger partial charge is 0.397 e. The summed E-state index contributed by atoms with van der Waals surface area (Å²) < 4.78 is 1.14. The third kappa shape index (κ3) is 2.25. The van der Waals surface area contributed by atoms with Gasteiger partial charge < -0.3 is 11.1 Å². The molecule has 4 nitrogen and oxygen atoms in total. The Morgan fingerprint density at radius 3 is 2.55 bits per heavy atom. The van der Waals surface area contributed by atoms with E-state index in [4.69, 9.17) is 5.73 Å². The molecule has 0 aliphatic rings. The van der Waals surface area contributed by atoms with Gasteiger partial charge in [-0.25, -0.2) is 0 Å². The van der Waals surface area contributed by atoms with Crippen molar-refractivity contribution < 1.29 is 0 Å². The van der Waals surface area contributed by atoms with Crippen LogP contribution in [-0.4, -0.2) is 10.2 Å². The lowest BCUT2D eigenvalue weighted by Gasteiger charge is -2.12.